The molecule has 0 saturated carbocycles. The van der Waals surface area contributed by atoms with Gasteiger partial charge >= 0.3 is 0 Å². The van der Waals surface area contributed by atoms with Crippen LogP contribution < -0.4 is 5.32 Å². The van der Waals surface area contributed by atoms with E-state index < -0.39 is 0 Å². The van der Waals surface area contributed by atoms with Crippen molar-refractivity contribution in [1.82, 2.24) is 15.1 Å². The molecule has 0 radical (unpaired) electrons. The molecule has 1 atom stereocenters. The summed E-state index contributed by atoms with van der Waals surface area (Å²) in [4.78, 5) is 5.02. The Morgan fingerprint density at radius 3 is 2.44 bits per heavy atom. The van der Waals surface area contributed by atoms with Gasteiger partial charge in [-0.2, -0.15) is 0 Å². The predicted octanol–water partition coefficient (Wildman–Crippen LogP) is 2.18. The number of nitrogens with one attached hydrogen (secondary N) is 1. The molecule has 18 heavy (non-hydrogen) atoms. The zero-order valence-electron chi connectivity index (χ0n) is 12.7. The van der Waals surface area contributed by atoms with Gasteiger partial charge in [-0.25, -0.2) is 0 Å². The van der Waals surface area contributed by atoms with E-state index >= 15 is 0 Å². The molecule has 0 aromatic rings. The van der Waals surface area contributed by atoms with Gasteiger partial charge < -0.3 is 15.1 Å². The van der Waals surface area contributed by atoms with Crippen LogP contribution >= 0.6 is 0 Å². The Morgan fingerprint density at radius 2 is 1.78 bits per heavy atom. The first-order valence-electron chi connectivity index (χ1n) is 7.86. The Morgan fingerprint density at radius 1 is 1.06 bits per heavy atom. The van der Waals surface area contributed by atoms with Crippen molar-refractivity contribution < 1.29 is 0 Å². The van der Waals surface area contributed by atoms with E-state index in [1.54, 1.807) is 0 Å². The van der Waals surface area contributed by atoms with Gasteiger partial charge in [0.1, 0.15) is 0 Å². The van der Waals surface area contributed by atoms with Crippen LogP contribution in [-0.2, 0) is 0 Å². The minimum atomic E-state index is 0.698. The highest BCUT2D eigenvalue weighted by atomic mass is 15.2. The van der Waals surface area contributed by atoms with Crippen LogP contribution in [0, 0.1) is 0 Å². The lowest BCUT2D eigenvalue weighted by Gasteiger charge is -2.32. The lowest BCUT2D eigenvalue weighted by molar-refractivity contribution is 0.152. The van der Waals surface area contributed by atoms with Gasteiger partial charge in [0.15, 0.2) is 0 Å². The molecule has 0 aliphatic carbocycles. The van der Waals surface area contributed by atoms with Gasteiger partial charge in [0.2, 0.25) is 0 Å². The number of rotatable bonds is 9. The highest BCUT2D eigenvalue weighted by Crippen LogP contribution is 2.03. The fourth-order valence-electron chi connectivity index (χ4n) is 2.53. The molecule has 3 heteroatoms. The number of unbranched alkanes of at least 4 members (excludes halogenated alkanes) is 2. The number of hydrogen-bond donors (Lipinski definition) is 1. The summed E-state index contributed by atoms with van der Waals surface area (Å²) >= 11 is 0. The van der Waals surface area contributed by atoms with Gasteiger partial charge in [-0.15, -0.1) is 0 Å². The second-order valence-corrected chi connectivity index (χ2v) is 5.85. The second-order valence-electron chi connectivity index (χ2n) is 5.85. The maximum absolute atomic E-state index is 3.65. The molecule has 0 amide bonds. The van der Waals surface area contributed by atoms with Crippen LogP contribution in [0.25, 0.3) is 0 Å². The van der Waals surface area contributed by atoms with E-state index in [0.717, 1.165) is 0 Å². The fourth-order valence-corrected chi connectivity index (χ4v) is 2.53. The van der Waals surface area contributed by atoms with E-state index in [9.17, 15) is 0 Å². The molecule has 0 aromatic heterocycles. The topological polar surface area (TPSA) is 18.5 Å². The van der Waals surface area contributed by atoms with E-state index in [2.05, 4.69) is 36.0 Å². The maximum Gasteiger partial charge on any atom is 0.0110 e. The summed E-state index contributed by atoms with van der Waals surface area (Å²) in [7, 11) is 2.22. The molecule has 1 aliphatic rings. The minimum absolute atomic E-state index is 0.698. The Labute approximate surface area is 114 Å². The summed E-state index contributed by atoms with van der Waals surface area (Å²) < 4.78 is 0. The molecular formula is C15H33N3. The van der Waals surface area contributed by atoms with E-state index in [0.29, 0.717) is 6.04 Å². The number of likely N-dealkylation sites (N-methyl/N-ethyl adjacent to an activating group) is 1. The van der Waals surface area contributed by atoms with E-state index in [4.69, 9.17) is 0 Å². The fraction of sp³-hybridized carbons (Fsp3) is 1.00. The summed E-state index contributed by atoms with van der Waals surface area (Å²) in [6.45, 7) is 12.0. The van der Waals surface area contributed by atoms with Crippen LogP contribution in [0.4, 0.5) is 0 Å². The van der Waals surface area contributed by atoms with Crippen molar-refractivity contribution in [2.45, 2.75) is 52.0 Å². The van der Waals surface area contributed by atoms with Gasteiger partial charge in [0, 0.05) is 32.2 Å². The monoisotopic (exact) mass is 255 g/mol. The molecule has 1 fully saturated rings. The Kier molecular flexibility index (Phi) is 8.64. The van der Waals surface area contributed by atoms with Gasteiger partial charge in [0.25, 0.3) is 0 Å². The van der Waals surface area contributed by atoms with E-state index in [-0.39, 0.29) is 0 Å². The van der Waals surface area contributed by atoms with E-state index in [1.807, 2.05) is 0 Å². The minimum Gasteiger partial charge on any atom is -0.314 e. The smallest absolute Gasteiger partial charge is 0.0110 e. The number of nitrogens with zero attached hydrogens (tertiary/aromatic N) is 2. The lowest BCUT2D eigenvalue weighted by atomic mass is 10.1. The first-order chi connectivity index (χ1) is 8.72. The van der Waals surface area contributed by atoms with Crippen LogP contribution in [0.15, 0.2) is 0 Å². The normalized spacial score (nSPS) is 20.2. The van der Waals surface area contributed by atoms with Gasteiger partial charge in [-0.3, -0.25) is 0 Å². The molecule has 1 unspecified atom stereocenters. The van der Waals surface area contributed by atoms with Crippen molar-refractivity contribution in [2.75, 3.05) is 46.3 Å². The Balaban J connectivity index is 1.91. The summed E-state index contributed by atoms with van der Waals surface area (Å²) in [5.41, 5.74) is 0. The molecule has 0 bridgehead atoms. The first kappa shape index (κ1) is 15.9. The van der Waals surface area contributed by atoms with E-state index in [1.165, 1.54) is 71.4 Å². The number of hydrogen-bond acceptors (Lipinski definition) is 3. The summed E-state index contributed by atoms with van der Waals surface area (Å²) in [5, 5.41) is 3.65. The standard InChI is InChI=1S/C15H33N3/c1-4-5-6-8-15(2)16-9-7-10-18-13-11-17(3)12-14-18/h15-16H,4-14H2,1-3H3. The zero-order chi connectivity index (χ0) is 13.2. The zero-order valence-corrected chi connectivity index (χ0v) is 12.7. The largest absolute Gasteiger partial charge is 0.314 e. The average molecular weight is 255 g/mol. The molecule has 3 nitrogen and oxygen atoms in total. The van der Waals surface area contributed by atoms with Crippen LogP contribution in [0.5, 0.6) is 0 Å². The Bertz CT molecular complexity index is 188. The van der Waals surface area contributed by atoms with Gasteiger partial charge in [-0.1, -0.05) is 26.2 Å². The molecule has 1 saturated heterocycles. The van der Waals surface area contributed by atoms with Crippen molar-refractivity contribution in [3.05, 3.63) is 0 Å². The van der Waals surface area contributed by atoms with Crippen LogP contribution in [0.3, 0.4) is 0 Å². The van der Waals surface area contributed by atoms with Crippen molar-refractivity contribution in [2.24, 2.45) is 0 Å². The van der Waals surface area contributed by atoms with Crippen molar-refractivity contribution in [3.63, 3.8) is 0 Å². The SMILES string of the molecule is CCCCCC(C)NCCCN1CCN(C)CC1. The maximum atomic E-state index is 3.65. The average Bonchev–Trinajstić information content (AvgIpc) is 2.37. The molecule has 1 N–H and O–H groups in total. The molecule has 0 aromatic carbocycles. The lowest BCUT2D eigenvalue weighted by Crippen LogP contribution is -2.45. The van der Waals surface area contributed by atoms with Crippen molar-refractivity contribution in [1.29, 1.82) is 0 Å². The highest BCUT2D eigenvalue weighted by molar-refractivity contribution is 4.70. The first-order valence-corrected chi connectivity index (χ1v) is 7.86. The molecular weight excluding hydrogens is 222 g/mol. The van der Waals surface area contributed by atoms with Crippen LogP contribution in [0.1, 0.15) is 46.0 Å². The van der Waals surface area contributed by atoms with Gasteiger partial charge in [0.05, 0.1) is 0 Å². The second kappa shape index (κ2) is 9.76. The van der Waals surface area contributed by atoms with Gasteiger partial charge in [-0.05, 0) is 39.9 Å². The molecule has 1 rings (SSSR count). The Hall–Kier alpha value is -0.120. The molecule has 0 spiro atoms. The van der Waals surface area contributed by atoms with Crippen LogP contribution in [0.2, 0.25) is 0 Å². The van der Waals surface area contributed by atoms with Crippen LogP contribution in [-0.4, -0.2) is 62.2 Å². The molecule has 1 aliphatic heterocycles. The third-order valence-corrected chi connectivity index (χ3v) is 3.98. The summed E-state index contributed by atoms with van der Waals surface area (Å²) in [6, 6.07) is 0.698. The summed E-state index contributed by atoms with van der Waals surface area (Å²) in [6.07, 6.45) is 6.72. The summed E-state index contributed by atoms with van der Waals surface area (Å²) in [5.74, 6) is 0. The van der Waals surface area contributed by atoms with Crippen molar-refractivity contribution >= 4 is 0 Å². The number of piperazine rings is 1. The van der Waals surface area contributed by atoms with Crippen molar-refractivity contribution in [3.8, 4) is 0 Å². The quantitative estimate of drug-likeness (QED) is 0.637. The molecule has 1 heterocycles. The molecule has 108 valence electrons. The third kappa shape index (κ3) is 7.34. The predicted molar refractivity (Wildman–Crippen MR) is 80.2 cm³/mol. The third-order valence-electron chi connectivity index (χ3n) is 3.98. The highest BCUT2D eigenvalue weighted by Gasteiger charge is 2.12.